The van der Waals surface area contributed by atoms with E-state index in [0.717, 1.165) is 6.42 Å². The van der Waals surface area contributed by atoms with E-state index in [1.165, 1.54) is 18.2 Å². The molecule has 0 fully saturated rings. The summed E-state index contributed by atoms with van der Waals surface area (Å²) in [6, 6.07) is 12.2. The highest BCUT2D eigenvalue weighted by Gasteiger charge is 2.31. The molecule has 0 saturated heterocycles. The van der Waals surface area contributed by atoms with Crippen molar-refractivity contribution < 1.29 is 17.9 Å². The van der Waals surface area contributed by atoms with Crippen LogP contribution in [0.4, 0.5) is 30.6 Å². The number of aromatic nitrogens is 2. The molecule has 1 heterocycles. The first-order chi connectivity index (χ1) is 15.1. The van der Waals surface area contributed by atoms with Crippen molar-refractivity contribution in [1.82, 2.24) is 9.97 Å². The highest BCUT2D eigenvalue weighted by molar-refractivity contribution is 6.36. The van der Waals surface area contributed by atoms with E-state index in [1.54, 1.807) is 30.3 Å². The smallest absolute Gasteiger partial charge is 0.406 e. The lowest BCUT2D eigenvalue weighted by molar-refractivity contribution is -0.274. The summed E-state index contributed by atoms with van der Waals surface area (Å²) in [5.41, 5.74) is 7.26. The van der Waals surface area contributed by atoms with Gasteiger partial charge in [0.1, 0.15) is 5.75 Å². The van der Waals surface area contributed by atoms with E-state index in [4.69, 9.17) is 23.2 Å². The third-order valence-electron chi connectivity index (χ3n) is 4.33. The van der Waals surface area contributed by atoms with Crippen LogP contribution >= 0.6 is 23.2 Å². The van der Waals surface area contributed by atoms with Gasteiger partial charge in [-0.15, -0.1) is 13.2 Å². The zero-order valence-electron chi connectivity index (χ0n) is 17.1. The van der Waals surface area contributed by atoms with E-state index >= 15 is 0 Å². The lowest BCUT2D eigenvalue weighted by Crippen LogP contribution is -2.18. The van der Waals surface area contributed by atoms with Crippen molar-refractivity contribution in [3.8, 4) is 17.0 Å². The van der Waals surface area contributed by atoms with E-state index in [-0.39, 0.29) is 11.8 Å². The zero-order chi connectivity index (χ0) is 23.3. The summed E-state index contributed by atoms with van der Waals surface area (Å²) in [5.74, 6) is 0.338. The monoisotopic (exact) mass is 485 g/mol. The molecule has 170 valence electrons. The first kappa shape index (κ1) is 23.7. The van der Waals surface area contributed by atoms with Crippen LogP contribution in [0.1, 0.15) is 20.3 Å². The van der Waals surface area contributed by atoms with Crippen molar-refractivity contribution in [2.75, 3.05) is 16.2 Å². The fraction of sp³-hybridized carbons (Fsp3) is 0.238. The number of ether oxygens (including phenoxy) is 1. The number of hydrazine groups is 1. The van der Waals surface area contributed by atoms with E-state index in [1.807, 2.05) is 13.8 Å². The average Bonchev–Trinajstić information content (AvgIpc) is 2.72. The quantitative estimate of drug-likeness (QED) is 0.298. The fourth-order valence-electron chi connectivity index (χ4n) is 2.62. The molecule has 3 rings (SSSR count). The molecule has 0 amide bonds. The van der Waals surface area contributed by atoms with Crippen molar-refractivity contribution in [1.29, 1.82) is 0 Å². The first-order valence-corrected chi connectivity index (χ1v) is 10.4. The molecule has 11 heteroatoms. The molecule has 0 spiro atoms. The molecular formula is C21H20Cl2F3N5O. The number of hydrogen-bond acceptors (Lipinski definition) is 6. The zero-order valence-corrected chi connectivity index (χ0v) is 18.6. The van der Waals surface area contributed by atoms with Crippen molar-refractivity contribution in [3.05, 3.63) is 58.6 Å². The summed E-state index contributed by atoms with van der Waals surface area (Å²) >= 11 is 12.1. The van der Waals surface area contributed by atoms with Crippen LogP contribution in [0, 0.1) is 0 Å². The molecule has 3 N–H and O–H groups in total. The van der Waals surface area contributed by atoms with Gasteiger partial charge in [0, 0.05) is 22.7 Å². The summed E-state index contributed by atoms with van der Waals surface area (Å²) in [5, 5.41) is 4.06. The molecule has 0 bridgehead atoms. The van der Waals surface area contributed by atoms with E-state index in [2.05, 4.69) is 30.9 Å². The second-order valence-electron chi connectivity index (χ2n) is 6.87. The summed E-state index contributed by atoms with van der Waals surface area (Å²) in [6.07, 6.45) is -3.97. The Labute approximate surface area is 193 Å². The molecule has 0 aliphatic rings. The number of alkyl halides is 3. The lowest BCUT2D eigenvalue weighted by Gasteiger charge is -2.16. The summed E-state index contributed by atoms with van der Waals surface area (Å²) < 4.78 is 41.9. The molecule has 3 aromatic rings. The number of anilines is 3. The summed E-state index contributed by atoms with van der Waals surface area (Å²) in [7, 11) is 0. The van der Waals surface area contributed by atoms with Gasteiger partial charge in [-0.2, -0.15) is 4.98 Å². The topological polar surface area (TPSA) is 71.1 Å². The van der Waals surface area contributed by atoms with E-state index in [9.17, 15) is 13.2 Å². The Morgan fingerprint density at radius 1 is 1.03 bits per heavy atom. The minimum absolute atomic E-state index is 0.0802. The Morgan fingerprint density at radius 2 is 1.81 bits per heavy atom. The second kappa shape index (κ2) is 10.1. The molecule has 2 aromatic carbocycles. The van der Waals surface area contributed by atoms with Gasteiger partial charge in [0.2, 0.25) is 5.95 Å². The standard InChI is InChI=1S/C21H20Cl2F3N5O/c1-3-12(2)27-20-28-18(13-5-4-6-15(9-13)32-21(24,25)26)11-19(29-20)31-30-17-8-7-14(22)10-16(17)23/h4-12,30H,3H2,1-2H3,(H2,27,28,29,31)/t12-/m1/s1. The van der Waals surface area contributed by atoms with Crippen LogP contribution in [-0.2, 0) is 0 Å². The fourth-order valence-corrected chi connectivity index (χ4v) is 3.08. The van der Waals surface area contributed by atoms with Gasteiger partial charge in [-0.25, -0.2) is 4.98 Å². The van der Waals surface area contributed by atoms with Gasteiger partial charge in [0.25, 0.3) is 0 Å². The molecule has 0 radical (unpaired) electrons. The Hall–Kier alpha value is -2.91. The minimum Gasteiger partial charge on any atom is -0.406 e. The maximum Gasteiger partial charge on any atom is 0.573 e. The van der Waals surface area contributed by atoms with Gasteiger partial charge < -0.3 is 10.1 Å². The molecule has 0 aliphatic heterocycles. The predicted octanol–water partition coefficient (Wildman–Crippen LogP) is 7.00. The van der Waals surface area contributed by atoms with Gasteiger partial charge >= 0.3 is 6.36 Å². The Bertz CT molecular complexity index is 1080. The maximum atomic E-state index is 12.6. The number of rotatable bonds is 8. The average molecular weight is 486 g/mol. The molecular weight excluding hydrogens is 466 g/mol. The van der Waals surface area contributed by atoms with Crippen molar-refractivity contribution in [3.63, 3.8) is 0 Å². The number of nitrogens with zero attached hydrogens (tertiary/aromatic N) is 2. The summed E-state index contributed by atoms with van der Waals surface area (Å²) in [4.78, 5) is 8.86. The third kappa shape index (κ3) is 6.80. The van der Waals surface area contributed by atoms with Gasteiger partial charge in [0.15, 0.2) is 5.82 Å². The molecule has 1 atom stereocenters. The first-order valence-electron chi connectivity index (χ1n) is 9.62. The highest BCUT2D eigenvalue weighted by atomic mass is 35.5. The summed E-state index contributed by atoms with van der Waals surface area (Å²) in [6.45, 7) is 3.97. The van der Waals surface area contributed by atoms with Crippen LogP contribution in [0.3, 0.4) is 0 Å². The maximum absolute atomic E-state index is 12.6. The highest BCUT2D eigenvalue weighted by Crippen LogP contribution is 2.29. The van der Waals surface area contributed by atoms with Gasteiger partial charge in [0.05, 0.1) is 16.4 Å². The number of halogens is 5. The Kier molecular flexibility index (Phi) is 7.52. The molecule has 0 unspecified atom stereocenters. The largest absolute Gasteiger partial charge is 0.573 e. The molecule has 1 aromatic heterocycles. The number of nitrogens with one attached hydrogen (secondary N) is 3. The van der Waals surface area contributed by atoms with Gasteiger partial charge in [-0.1, -0.05) is 42.3 Å². The van der Waals surface area contributed by atoms with Crippen molar-refractivity contribution in [2.45, 2.75) is 32.7 Å². The van der Waals surface area contributed by atoms with E-state index < -0.39 is 6.36 Å². The normalized spacial score (nSPS) is 12.2. The third-order valence-corrected chi connectivity index (χ3v) is 4.88. The molecule has 0 aliphatic carbocycles. The van der Waals surface area contributed by atoms with Crippen LogP contribution < -0.4 is 20.9 Å². The molecule has 32 heavy (non-hydrogen) atoms. The lowest BCUT2D eigenvalue weighted by atomic mass is 10.1. The Morgan fingerprint density at radius 3 is 2.50 bits per heavy atom. The van der Waals surface area contributed by atoms with E-state index in [0.29, 0.717) is 38.8 Å². The second-order valence-corrected chi connectivity index (χ2v) is 7.71. The van der Waals surface area contributed by atoms with Crippen molar-refractivity contribution in [2.24, 2.45) is 0 Å². The number of benzene rings is 2. The molecule has 6 nitrogen and oxygen atoms in total. The van der Waals surface area contributed by atoms with Gasteiger partial charge in [-0.05, 0) is 43.7 Å². The van der Waals surface area contributed by atoms with Crippen LogP contribution in [0.25, 0.3) is 11.3 Å². The van der Waals surface area contributed by atoms with Crippen LogP contribution in [0.15, 0.2) is 48.5 Å². The number of hydrogen-bond donors (Lipinski definition) is 3. The predicted molar refractivity (Wildman–Crippen MR) is 121 cm³/mol. The minimum atomic E-state index is -4.79. The van der Waals surface area contributed by atoms with Crippen LogP contribution in [-0.4, -0.2) is 22.4 Å². The van der Waals surface area contributed by atoms with Crippen LogP contribution in [0.5, 0.6) is 5.75 Å². The van der Waals surface area contributed by atoms with Gasteiger partial charge in [-0.3, -0.25) is 10.9 Å². The Balaban J connectivity index is 1.91. The SMILES string of the molecule is CC[C@@H](C)Nc1nc(NNc2ccc(Cl)cc2Cl)cc(-c2cccc(OC(F)(F)F)c2)n1. The van der Waals surface area contributed by atoms with Crippen LogP contribution in [0.2, 0.25) is 10.0 Å². The molecule has 0 saturated carbocycles. The van der Waals surface area contributed by atoms with Crippen molar-refractivity contribution >= 4 is 40.7 Å².